The van der Waals surface area contributed by atoms with Crippen molar-refractivity contribution in [1.29, 1.82) is 0 Å². The Hall–Kier alpha value is -1.03. The predicted molar refractivity (Wildman–Crippen MR) is 85.4 cm³/mol. The van der Waals surface area contributed by atoms with Gasteiger partial charge in [-0.05, 0) is 26.3 Å². The highest BCUT2D eigenvalue weighted by Gasteiger charge is 2.19. The summed E-state index contributed by atoms with van der Waals surface area (Å²) in [5, 5.41) is 0.727. The SMILES string of the molecule is CCC1CN(c2cc(N)cc(OC(C)C)c2)CCS1. The highest BCUT2D eigenvalue weighted by atomic mass is 32.2. The fourth-order valence-electron chi connectivity index (χ4n) is 2.33. The Bertz CT molecular complexity index is 423. The number of hydrogen-bond acceptors (Lipinski definition) is 4. The lowest BCUT2D eigenvalue weighted by atomic mass is 10.2. The van der Waals surface area contributed by atoms with E-state index >= 15 is 0 Å². The van der Waals surface area contributed by atoms with Crippen molar-refractivity contribution in [2.75, 3.05) is 29.5 Å². The van der Waals surface area contributed by atoms with Crippen LogP contribution in [0.25, 0.3) is 0 Å². The Morgan fingerprint density at radius 3 is 2.89 bits per heavy atom. The molecule has 1 aliphatic heterocycles. The van der Waals surface area contributed by atoms with Crippen LogP contribution >= 0.6 is 11.8 Å². The Morgan fingerprint density at radius 1 is 1.42 bits per heavy atom. The van der Waals surface area contributed by atoms with Crippen LogP contribution in [0.4, 0.5) is 11.4 Å². The van der Waals surface area contributed by atoms with Crippen molar-refractivity contribution >= 4 is 23.1 Å². The van der Waals surface area contributed by atoms with Crippen molar-refractivity contribution in [3.63, 3.8) is 0 Å². The standard InChI is InChI=1S/C15H24N2OS/c1-4-15-10-17(5-6-19-15)13-7-12(16)8-14(9-13)18-11(2)3/h7-9,11,15H,4-6,10,16H2,1-3H3. The fraction of sp³-hybridized carbons (Fsp3) is 0.600. The van der Waals surface area contributed by atoms with Gasteiger partial charge in [-0.2, -0.15) is 11.8 Å². The molecule has 0 bridgehead atoms. The molecule has 106 valence electrons. The van der Waals surface area contributed by atoms with Crippen molar-refractivity contribution in [2.45, 2.75) is 38.5 Å². The van der Waals surface area contributed by atoms with Crippen LogP contribution in [0.2, 0.25) is 0 Å². The summed E-state index contributed by atoms with van der Waals surface area (Å²) >= 11 is 2.08. The smallest absolute Gasteiger partial charge is 0.123 e. The number of nitrogens with two attached hydrogens (primary N) is 1. The Morgan fingerprint density at radius 2 is 2.21 bits per heavy atom. The second-order valence-corrected chi connectivity index (χ2v) is 6.68. The molecule has 1 atom stereocenters. The molecule has 1 unspecified atom stereocenters. The third-order valence-electron chi connectivity index (χ3n) is 3.24. The quantitative estimate of drug-likeness (QED) is 0.858. The van der Waals surface area contributed by atoms with E-state index in [9.17, 15) is 0 Å². The van der Waals surface area contributed by atoms with Gasteiger partial charge in [-0.1, -0.05) is 6.92 Å². The first-order valence-electron chi connectivity index (χ1n) is 7.02. The van der Waals surface area contributed by atoms with Crippen LogP contribution in [0.1, 0.15) is 27.2 Å². The third kappa shape index (κ3) is 3.96. The van der Waals surface area contributed by atoms with Crippen molar-refractivity contribution < 1.29 is 4.74 Å². The molecule has 3 nitrogen and oxygen atoms in total. The van der Waals surface area contributed by atoms with Gasteiger partial charge < -0.3 is 15.4 Å². The van der Waals surface area contributed by atoms with E-state index in [2.05, 4.69) is 35.7 Å². The van der Waals surface area contributed by atoms with E-state index < -0.39 is 0 Å². The predicted octanol–water partition coefficient (Wildman–Crippen LogP) is 3.39. The van der Waals surface area contributed by atoms with Gasteiger partial charge in [0.05, 0.1) is 6.10 Å². The van der Waals surface area contributed by atoms with E-state index in [1.54, 1.807) is 0 Å². The molecule has 1 aliphatic rings. The maximum absolute atomic E-state index is 6.00. The highest BCUT2D eigenvalue weighted by molar-refractivity contribution is 8.00. The average molecular weight is 280 g/mol. The van der Waals surface area contributed by atoms with Crippen LogP contribution in [0.15, 0.2) is 18.2 Å². The highest BCUT2D eigenvalue weighted by Crippen LogP contribution is 2.30. The van der Waals surface area contributed by atoms with E-state index in [1.807, 2.05) is 19.9 Å². The third-order valence-corrected chi connectivity index (χ3v) is 4.62. The molecule has 4 heteroatoms. The summed E-state index contributed by atoms with van der Waals surface area (Å²) in [7, 11) is 0. The molecule has 0 saturated carbocycles. The molecule has 1 aromatic carbocycles. The van der Waals surface area contributed by atoms with E-state index in [0.717, 1.165) is 29.8 Å². The van der Waals surface area contributed by atoms with Crippen LogP contribution in [0, 0.1) is 0 Å². The molecule has 2 N–H and O–H groups in total. The number of rotatable bonds is 4. The molecule has 19 heavy (non-hydrogen) atoms. The molecule has 0 amide bonds. The zero-order chi connectivity index (χ0) is 13.8. The van der Waals surface area contributed by atoms with Crippen molar-refractivity contribution in [3.8, 4) is 5.75 Å². The maximum Gasteiger partial charge on any atom is 0.123 e. The molecule has 2 rings (SSSR count). The summed E-state index contributed by atoms with van der Waals surface area (Å²) in [6.45, 7) is 8.52. The molecule has 0 radical (unpaired) electrons. The minimum atomic E-state index is 0.176. The van der Waals surface area contributed by atoms with E-state index in [4.69, 9.17) is 10.5 Å². The normalized spacial score (nSPS) is 19.8. The lowest BCUT2D eigenvalue weighted by Crippen LogP contribution is -2.37. The number of thioether (sulfide) groups is 1. The van der Waals surface area contributed by atoms with Gasteiger partial charge in [0.25, 0.3) is 0 Å². The Kier molecular flexibility index (Phi) is 4.86. The van der Waals surface area contributed by atoms with Crippen molar-refractivity contribution in [2.24, 2.45) is 0 Å². The molecule has 1 saturated heterocycles. The molecule has 0 spiro atoms. The van der Waals surface area contributed by atoms with Gasteiger partial charge in [-0.25, -0.2) is 0 Å². The van der Waals surface area contributed by atoms with E-state index in [0.29, 0.717) is 0 Å². The number of hydrogen-bond donors (Lipinski definition) is 1. The zero-order valence-corrected chi connectivity index (χ0v) is 12.9. The summed E-state index contributed by atoms with van der Waals surface area (Å²) in [6.07, 6.45) is 1.40. The second kappa shape index (κ2) is 6.42. The van der Waals surface area contributed by atoms with Crippen LogP contribution < -0.4 is 15.4 Å². The summed E-state index contributed by atoms with van der Waals surface area (Å²) in [6, 6.07) is 6.06. The monoisotopic (exact) mass is 280 g/mol. The lowest BCUT2D eigenvalue weighted by Gasteiger charge is -2.34. The van der Waals surface area contributed by atoms with Crippen LogP contribution in [-0.2, 0) is 0 Å². The van der Waals surface area contributed by atoms with E-state index in [-0.39, 0.29) is 6.10 Å². The molecule has 0 aromatic heterocycles. The van der Waals surface area contributed by atoms with Crippen LogP contribution in [-0.4, -0.2) is 30.2 Å². The molecule has 1 aromatic rings. The van der Waals surface area contributed by atoms with E-state index in [1.165, 1.54) is 17.9 Å². The first-order chi connectivity index (χ1) is 9.08. The fourth-order valence-corrected chi connectivity index (χ4v) is 3.51. The molecule has 1 fully saturated rings. The topological polar surface area (TPSA) is 38.5 Å². The summed E-state index contributed by atoms with van der Waals surface area (Å²) in [5.41, 5.74) is 7.96. The van der Waals surface area contributed by atoms with Gasteiger partial charge in [0, 0.05) is 47.6 Å². The zero-order valence-electron chi connectivity index (χ0n) is 12.1. The molecule has 0 aliphatic carbocycles. The molecular formula is C15H24N2OS. The number of nitrogen functional groups attached to an aromatic ring is 1. The van der Waals surface area contributed by atoms with Crippen LogP contribution in [0.3, 0.4) is 0 Å². The van der Waals surface area contributed by atoms with Gasteiger partial charge in [-0.15, -0.1) is 0 Å². The largest absolute Gasteiger partial charge is 0.491 e. The number of anilines is 2. The maximum atomic E-state index is 6.00. The molecular weight excluding hydrogens is 256 g/mol. The number of nitrogens with zero attached hydrogens (tertiary/aromatic N) is 1. The first-order valence-corrected chi connectivity index (χ1v) is 8.07. The van der Waals surface area contributed by atoms with Gasteiger partial charge in [0.15, 0.2) is 0 Å². The number of benzene rings is 1. The van der Waals surface area contributed by atoms with Gasteiger partial charge in [-0.3, -0.25) is 0 Å². The minimum absolute atomic E-state index is 0.176. The summed E-state index contributed by atoms with van der Waals surface area (Å²) in [4.78, 5) is 2.42. The minimum Gasteiger partial charge on any atom is -0.491 e. The molecule has 1 heterocycles. The summed E-state index contributed by atoms with van der Waals surface area (Å²) < 4.78 is 5.77. The van der Waals surface area contributed by atoms with Crippen LogP contribution in [0.5, 0.6) is 5.75 Å². The van der Waals surface area contributed by atoms with Crippen molar-refractivity contribution in [1.82, 2.24) is 0 Å². The van der Waals surface area contributed by atoms with Gasteiger partial charge in [0.2, 0.25) is 0 Å². The number of ether oxygens (including phenoxy) is 1. The second-order valence-electron chi connectivity index (χ2n) is 5.27. The Balaban J connectivity index is 2.16. The van der Waals surface area contributed by atoms with Gasteiger partial charge in [0.1, 0.15) is 5.75 Å². The average Bonchev–Trinajstić information content (AvgIpc) is 2.37. The van der Waals surface area contributed by atoms with Gasteiger partial charge >= 0.3 is 0 Å². The van der Waals surface area contributed by atoms with Crippen molar-refractivity contribution in [3.05, 3.63) is 18.2 Å². The first kappa shape index (κ1) is 14.4. The summed E-state index contributed by atoms with van der Waals surface area (Å²) in [5.74, 6) is 2.06. The Labute approximate surface area is 120 Å². The lowest BCUT2D eigenvalue weighted by molar-refractivity contribution is 0.242.